The van der Waals surface area contributed by atoms with Crippen molar-refractivity contribution < 1.29 is 0 Å². The Balaban J connectivity index is 1.79. The maximum absolute atomic E-state index is 4.45. The first kappa shape index (κ1) is 17.0. The minimum absolute atomic E-state index is 0.563. The summed E-state index contributed by atoms with van der Waals surface area (Å²) in [5.41, 5.74) is 2.42. The molecule has 0 spiro atoms. The second-order valence-electron chi connectivity index (χ2n) is 5.72. The van der Waals surface area contributed by atoms with Crippen molar-refractivity contribution in [1.29, 1.82) is 0 Å². The average molecular weight is 319 g/mol. The largest absolute Gasteiger partial charge is 0.302 e. The van der Waals surface area contributed by atoms with Crippen LogP contribution in [-0.2, 0) is 20.0 Å². The van der Waals surface area contributed by atoms with Crippen LogP contribution in [0.15, 0.2) is 29.9 Å². The average Bonchev–Trinajstić information content (AvgIpc) is 2.92. The number of aromatic nitrogens is 4. The summed E-state index contributed by atoms with van der Waals surface area (Å²) in [5.74, 6) is 0. The molecule has 6 heteroatoms. The second kappa shape index (κ2) is 8.29. The Kier molecular flexibility index (Phi) is 6.39. The van der Waals surface area contributed by atoms with E-state index in [1.807, 2.05) is 30.3 Å². The zero-order chi connectivity index (χ0) is 15.9. The van der Waals surface area contributed by atoms with Crippen molar-refractivity contribution in [2.45, 2.75) is 43.6 Å². The van der Waals surface area contributed by atoms with E-state index in [1.54, 1.807) is 11.8 Å². The summed E-state index contributed by atoms with van der Waals surface area (Å²) in [6.45, 7) is 6.25. The van der Waals surface area contributed by atoms with Crippen LogP contribution in [-0.4, -0.2) is 43.5 Å². The van der Waals surface area contributed by atoms with Gasteiger partial charge in [-0.25, -0.2) is 9.97 Å². The molecule has 22 heavy (non-hydrogen) atoms. The lowest BCUT2D eigenvalue weighted by Crippen LogP contribution is -2.20. The molecule has 0 aliphatic carbocycles. The number of rotatable bonds is 8. The van der Waals surface area contributed by atoms with E-state index >= 15 is 0 Å². The van der Waals surface area contributed by atoms with Crippen molar-refractivity contribution >= 4 is 11.8 Å². The first-order valence-corrected chi connectivity index (χ1v) is 8.58. The van der Waals surface area contributed by atoms with Gasteiger partial charge in [0.05, 0.1) is 6.20 Å². The number of hydrogen-bond donors (Lipinski definition) is 0. The van der Waals surface area contributed by atoms with Gasteiger partial charge in [-0.15, -0.1) is 0 Å². The van der Waals surface area contributed by atoms with Crippen LogP contribution in [0.5, 0.6) is 0 Å². The van der Waals surface area contributed by atoms with Crippen molar-refractivity contribution in [3.63, 3.8) is 0 Å². The summed E-state index contributed by atoms with van der Waals surface area (Å²) < 4.78 is 1.84. The summed E-state index contributed by atoms with van der Waals surface area (Å²) in [5, 5.41) is 5.63. The summed E-state index contributed by atoms with van der Waals surface area (Å²) in [4.78, 5) is 11.2. The third-order valence-corrected chi connectivity index (χ3v) is 4.71. The summed E-state index contributed by atoms with van der Waals surface area (Å²) in [7, 11) is 4.07. The van der Waals surface area contributed by atoms with Gasteiger partial charge in [-0.1, -0.05) is 25.6 Å². The summed E-state index contributed by atoms with van der Waals surface area (Å²) in [6.07, 6.45) is 10.0. The fourth-order valence-electron chi connectivity index (χ4n) is 2.06. The smallest absolute Gasteiger partial charge is 0.187 e. The van der Waals surface area contributed by atoms with E-state index in [2.05, 4.69) is 47.1 Å². The van der Waals surface area contributed by atoms with Crippen LogP contribution in [0.1, 0.15) is 31.4 Å². The maximum atomic E-state index is 4.45. The number of likely N-dealkylation sites (N-methyl/N-ethyl adjacent to an activating group) is 1. The van der Waals surface area contributed by atoms with E-state index in [4.69, 9.17) is 0 Å². The topological polar surface area (TPSA) is 46.8 Å². The lowest BCUT2D eigenvalue weighted by Gasteiger charge is -2.16. The molecule has 2 rings (SSSR count). The third-order valence-electron chi connectivity index (χ3n) is 3.56. The van der Waals surface area contributed by atoms with Crippen LogP contribution in [0.3, 0.4) is 0 Å². The number of hydrogen-bond acceptors (Lipinski definition) is 5. The van der Waals surface area contributed by atoms with Crippen molar-refractivity contribution in [3.05, 3.63) is 35.9 Å². The molecular formula is C16H25N5S. The van der Waals surface area contributed by atoms with Gasteiger partial charge in [0.1, 0.15) is 0 Å². The third kappa shape index (κ3) is 5.42. The minimum atomic E-state index is 0.563. The van der Waals surface area contributed by atoms with Crippen LogP contribution in [0.4, 0.5) is 0 Å². The SMILES string of the molecule is CCC(C)Sc1ncc(CN(C)CCc2cnn(C)c2)cn1. The highest BCUT2D eigenvalue weighted by atomic mass is 32.2. The predicted molar refractivity (Wildman–Crippen MR) is 90.9 cm³/mol. The highest BCUT2D eigenvalue weighted by molar-refractivity contribution is 7.99. The Bertz CT molecular complexity index is 566. The van der Waals surface area contributed by atoms with Gasteiger partial charge < -0.3 is 4.90 Å². The van der Waals surface area contributed by atoms with Gasteiger partial charge in [0.25, 0.3) is 0 Å². The Morgan fingerprint density at radius 2 is 1.95 bits per heavy atom. The Labute approximate surface area is 137 Å². The molecule has 2 aromatic heterocycles. The Hall–Kier alpha value is -1.40. The first-order chi connectivity index (χ1) is 10.6. The second-order valence-corrected chi connectivity index (χ2v) is 7.13. The molecule has 0 bridgehead atoms. The van der Waals surface area contributed by atoms with E-state index in [1.165, 1.54) is 5.56 Å². The lowest BCUT2D eigenvalue weighted by atomic mass is 10.2. The van der Waals surface area contributed by atoms with E-state index in [9.17, 15) is 0 Å². The molecule has 0 aromatic carbocycles. The number of thioether (sulfide) groups is 1. The molecule has 0 amide bonds. The lowest BCUT2D eigenvalue weighted by molar-refractivity contribution is 0.330. The van der Waals surface area contributed by atoms with Crippen molar-refractivity contribution in [2.24, 2.45) is 7.05 Å². The van der Waals surface area contributed by atoms with Crippen molar-refractivity contribution in [1.82, 2.24) is 24.6 Å². The molecule has 0 saturated heterocycles. The van der Waals surface area contributed by atoms with Crippen molar-refractivity contribution in [2.75, 3.05) is 13.6 Å². The first-order valence-electron chi connectivity index (χ1n) is 7.70. The van der Waals surface area contributed by atoms with Gasteiger partial charge in [0.15, 0.2) is 5.16 Å². The van der Waals surface area contributed by atoms with E-state index in [0.717, 1.165) is 36.7 Å². The Morgan fingerprint density at radius 3 is 2.55 bits per heavy atom. The highest BCUT2D eigenvalue weighted by Crippen LogP contribution is 2.20. The molecule has 1 atom stereocenters. The molecule has 2 aromatic rings. The van der Waals surface area contributed by atoms with E-state index < -0.39 is 0 Å². The molecule has 0 aliphatic heterocycles. The molecule has 1 unspecified atom stereocenters. The Morgan fingerprint density at radius 1 is 1.23 bits per heavy atom. The van der Waals surface area contributed by atoms with Crippen molar-refractivity contribution in [3.8, 4) is 0 Å². The van der Waals surface area contributed by atoms with Gasteiger partial charge in [-0.3, -0.25) is 4.68 Å². The number of aryl methyl sites for hydroxylation is 1. The molecule has 120 valence electrons. The summed E-state index contributed by atoms with van der Waals surface area (Å²) >= 11 is 1.74. The van der Waals surface area contributed by atoms with Gasteiger partial charge in [0.2, 0.25) is 0 Å². The normalized spacial score (nSPS) is 12.8. The van der Waals surface area contributed by atoms with Crippen LogP contribution in [0.2, 0.25) is 0 Å². The minimum Gasteiger partial charge on any atom is -0.302 e. The van der Waals surface area contributed by atoms with Crippen LogP contribution in [0, 0.1) is 0 Å². The van der Waals surface area contributed by atoms with Crippen LogP contribution in [0.25, 0.3) is 0 Å². The highest BCUT2D eigenvalue weighted by Gasteiger charge is 2.06. The van der Waals surface area contributed by atoms with E-state index in [0.29, 0.717) is 5.25 Å². The monoisotopic (exact) mass is 319 g/mol. The zero-order valence-corrected chi connectivity index (χ0v) is 14.7. The van der Waals surface area contributed by atoms with Gasteiger partial charge in [0, 0.05) is 49.5 Å². The maximum Gasteiger partial charge on any atom is 0.187 e. The quantitative estimate of drug-likeness (QED) is 0.553. The molecule has 0 N–H and O–H groups in total. The van der Waals surface area contributed by atoms with Crippen LogP contribution < -0.4 is 0 Å². The number of nitrogens with zero attached hydrogens (tertiary/aromatic N) is 5. The zero-order valence-electron chi connectivity index (χ0n) is 13.9. The molecule has 0 radical (unpaired) electrons. The van der Waals surface area contributed by atoms with Crippen LogP contribution >= 0.6 is 11.8 Å². The molecule has 0 saturated carbocycles. The molecular weight excluding hydrogens is 294 g/mol. The molecule has 5 nitrogen and oxygen atoms in total. The van der Waals surface area contributed by atoms with Gasteiger partial charge in [-0.2, -0.15) is 5.10 Å². The summed E-state index contributed by atoms with van der Waals surface area (Å²) in [6, 6.07) is 0. The molecule has 2 heterocycles. The standard InChI is InChI=1S/C16H25N5S/c1-5-13(2)22-16-17-8-15(9-18-16)11-20(3)7-6-14-10-19-21(4)12-14/h8-10,12-13H,5-7,11H2,1-4H3. The fraction of sp³-hybridized carbons (Fsp3) is 0.562. The van der Waals surface area contributed by atoms with Gasteiger partial charge >= 0.3 is 0 Å². The van der Waals surface area contributed by atoms with E-state index in [-0.39, 0.29) is 0 Å². The molecule has 0 fully saturated rings. The predicted octanol–water partition coefficient (Wildman–Crippen LogP) is 2.78. The fourth-order valence-corrected chi connectivity index (χ4v) is 2.81. The molecule has 0 aliphatic rings. The van der Waals surface area contributed by atoms with Gasteiger partial charge in [-0.05, 0) is 25.5 Å².